The molecule has 0 aliphatic carbocycles. The van der Waals surface area contributed by atoms with Gasteiger partial charge in [0.2, 0.25) is 16.8 Å². The zero-order valence-electron chi connectivity index (χ0n) is 15.4. The van der Waals surface area contributed by atoms with Crippen molar-refractivity contribution in [2.45, 2.75) is 4.90 Å². The molecule has 0 bridgehead atoms. The third kappa shape index (κ3) is 3.68. The summed E-state index contributed by atoms with van der Waals surface area (Å²) in [6.45, 7) is 2.51. The average Bonchev–Trinajstić information content (AvgIpc) is 3.16. The monoisotopic (exact) mass is 403 g/mol. The summed E-state index contributed by atoms with van der Waals surface area (Å²) in [4.78, 5) is 14.8. The molecule has 1 N–H and O–H groups in total. The van der Waals surface area contributed by atoms with Crippen molar-refractivity contribution in [1.82, 2.24) is 9.21 Å². The molecule has 2 aliphatic heterocycles. The van der Waals surface area contributed by atoms with E-state index in [1.165, 1.54) is 16.4 Å². The minimum absolute atomic E-state index is 0.143. The molecule has 148 valence electrons. The van der Waals surface area contributed by atoms with Gasteiger partial charge >= 0.3 is 0 Å². The first-order chi connectivity index (χ1) is 13.4. The minimum atomic E-state index is -3.53. The normalized spacial score (nSPS) is 17.5. The molecule has 2 heterocycles. The van der Waals surface area contributed by atoms with Crippen molar-refractivity contribution in [2.75, 3.05) is 45.3 Å². The van der Waals surface area contributed by atoms with Crippen molar-refractivity contribution >= 4 is 21.6 Å². The number of fused-ring (bicyclic) bond motifs is 1. The lowest BCUT2D eigenvalue weighted by atomic mass is 10.2. The number of likely N-dealkylation sites (N-methyl/N-ethyl adjacent to an activating group) is 1. The Morgan fingerprint density at radius 3 is 2.36 bits per heavy atom. The Bertz CT molecular complexity index is 983. The number of nitrogens with one attached hydrogen (secondary N) is 1. The predicted molar refractivity (Wildman–Crippen MR) is 103 cm³/mol. The Morgan fingerprint density at radius 1 is 0.964 bits per heavy atom. The van der Waals surface area contributed by atoms with Gasteiger partial charge in [-0.1, -0.05) is 0 Å². The molecule has 2 aliphatic rings. The van der Waals surface area contributed by atoms with E-state index in [4.69, 9.17) is 9.47 Å². The summed E-state index contributed by atoms with van der Waals surface area (Å²) in [5.41, 5.74) is 0.943. The lowest BCUT2D eigenvalue weighted by Gasteiger charge is -2.31. The third-order valence-electron chi connectivity index (χ3n) is 4.85. The first-order valence-electron chi connectivity index (χ1n) is 8.93. The van der Waals surface area contributed by atoms with E-state index >= 15 is 0 Å². The van der Waals surface area contributed by atoms with E-state index in [2.05, 4.69) is 10.2 Å². The Morgan fingerprint density at radius 2 is 1.64 bits per heavy atom. The van der Waals surface area contributed by atoms with Gasteiger partial charge in [0, 0.05) is 37.4 Å². The van der Waals surface area contributed by atoms with E-state index in [-0.39, 0.29) is 17.6 Å². The average molecular weight is 403 g/mol. The molecular weight excluding hydrogens is 382 g/mol. The number of anilines is 1. The quantitative estimate of drug-likeness (QED) is 0.834. The first-order valence-corrected chi connectivity index (χ1v) is 10.4. The van der Waals surface area contributed by atoms with Crippen LogP contribution in [0.1, 0.15) is 10.4 Å². The van der Waals surface area contributed by atoms with Crippen LogP contribution in [0, 0.1) is 0 Å². The maximum absolute atomic E-state index is 12.8. The van der Waals surface area contributed by atoms with Crippen LogP contribution >= 0.6 is 0 Å². The van der Waals surface area contributed by atoms with Crippen molar-refractivity contribution in [2.24, 2.45) is 0 Å². The fourth-order valence-electron chi connectivity index (χ4n) is 3.13. The number of nitrogens with zero attached hydrogens (tertiary/aromatic N) is 2. The van der Waals surface area contributed by atoms with Crippen LogP contribution in [0.25, 0.3) is 0 Å². The van der Waals surface area contributed by atoms with E-state index in [0.717, 1.165) is 0 Å². The van der Waals surface area contributed by atoms with Gasteiger partial charge in [-0.3, -0.25) is 4.79 Å². The van der Waals surface area contributed by atoms with Crippen LogP contribution in [-0.4, -0.2) is 63.5 Å². The number of amides is 1. The minimum Gasteiger partial charge on any atom is -0.454 e. The van der Waals surface area contributed by atoms with Gasteiger partial charge in [0.1, 0.15) is 0 Å². The van der Waals surface area contributed by atoms with Crippen molar-refractivity contribution in [3.63, 3.8) is 0 Å². The van der Waals surface area contributed by atoms with Crippen molar-refractivity contribution in [1.29, 1.82) is 0 Å². The van der Waals surface area contributed by atoms with E-state index in [9.17, 15) is 13.2 Å². The molecule has 0 radical (unpaired) electrons. The van der Waals surface area contributed by atoms with Crippen LogP contribution in [0.2, 0.25) is 0 Å². The van der Waals surface area contributed by atoms with Crippen LogP contribution in [0.5, 0.6) is 11.5 Å². The smallest absolute Gasteiger partial charge is 0.255 e. The highest BCUT2D eigenvalue weighted by Gasteiger charge is 2.27. The molecule has 28 heavy (non-hydrogen) atoms. The maximum atomic E-state index is 12.8. The van der Waals surface area contributed by atoms with E-state index in [1.54, 1.807) is 30.3 Å². The molecule has 1 saturated heterocycles. The standard InChI is InChI=1S/C19H21N3O5S/c1-21-8-10-22(11-9-21)28(24,25)16-5-3-15(4-6-16)20-19(23)14-2-7-17-18(12-14)27-13-26-17/h2-7,12H,8-11,13H2,1H3,(H,20,23). The first kappa shape index (κ1) is 18.7. The summed E-state index contributed by atoms with van der Waals surface area (Å²) < 4.78 is 37.5. The van der Waals surface area contributed by atoms with E-state index < -0.39 is 10.0 Å². The predicted octanol–water partition coefficient (Wildman–Crippen LogP) is 1.60. The summed E-state index contributed by atoms with van der Waals surface area (Å²) in [5, 5.41) is 2.76. The molecule has 9 heteroatoms. The van der Waals surface area contributed by atoms with Gasteiger partial charge in [-0.15, -0.1) is 0 Å². The Labute approximate surface area is 163 Å². The van der Waals surface area contributed by atoms with Crippen LogP contribution in [0.15, 0.2) is 47.4 Å². The molecule has 1 fully saturated rings. The van der Waals surface area contributed by atoms with Crippen LogP contribution in [-0.2, 0) is 10.0 Å². The summed E-state index contributed by atoms with van der Waals surface area (Å²) in [6.07, 6.45) is 0. The van der Waals surface area contributed by atoms with Gasteiger partial charge in [0.05, 0.1) is 4.90 Å². The highest BCUT2D eigenvalue weighted by Crippen LogP contribution is 2.32. The number of rotatable bonds is 4. The Kier molecular flexibility index (Phi) is 4.96. The molecule has 0 saturated carbocycles. The molecule has 8 nitrogen and oxygen atoms in total. The van der Waals surface area contributed by atoms with Gasteiger partial charge in [0.15, 0.2) is 11.5 Å². The zero-order valence-corrected chi connectivity index (χ0v) is 16.2. The van der Waals surface area contributed by atoms with Crippen molar-refractivity contribution in [3.05, 3.63) is 48.0 Å². The van der Waals surface area contributed by atoms with E-state index in [0.29, 0.717) is 48.9 Å². The summed E-state index contributed by atoms with van der Waals surface area (Å²) in [5.74, 6) is 0.823. The number of carbonyl (C=O) groups excluding carboxylic acids is 1. The second kappa shape index (κ2) is 7.42. The number of benzene rings is 2. The number of ether oxygens (including phenoxy) is 2. The summed E-state index contributed by atoms with van der Waals surface area (Å²) in [7, 11) is -1.55. The van der Waals surface area contributed by atoms with Gasteiger partial charge < -0.3 is 19.7 Å². The highest BCUT2D eigenvalue weighted by atomic mass is 32.2. The third-order valence-corrected chi connectivity index (χ3v) is 6.76. The highest BCUT2D eigenvalue weighted by molar-refractivity contribution is 7.89. The van der Waals surface area contributed by atoms with Crippen LogP contribution in [0.3, 0.4) is 0 Å². The summed E-state index contributed by atoms with van der Waals surface area (Å²) >= 11 is 0. The van der Waals surface area contributed by atoms with Crippen LogP contribution < -0.4 is 14.8 Å². The fraction of sp³-hybridized carbons (Fsp3) is 0.316. The Hall–Kier alpha value is -2.62. The number of carbonyl (C=O) groups is 1. The number of sulfonamides is 1. The second-order valence-corrected chi connectivity index (χ2v) is 8.69. The molecule has 0 spiro atoms. The lowest BCUT2D eigenvalue weighted by Crippen LogP contribution is -2.46. The van der Waals surface area contributed by atoms with E-state index in [1.807, 2.05) is 7.05 Å². The molecule has 2 aromatic carbocycles. The number of hydrogen-bond acceptors (Lipinski definition) is 6. The fourth-order valence-corrected chi connectivity index (χ4v) is 4.55. The molecule has 1 amide bonds. The van der Waals surface area contributed by atoms with Crippen molar-refractivity contribution in [3.8, 4) is 11.5 Å². The van der Waals surface area contributed by atoms with Crippen LogP contribution in [0.4, 0.5) is 5.69 Å². The zero-order chi connectivity index (χ0) is 19.7. The molecule has 4 rings (SSSR count). The van der Waals surface area contributed by atoms with Gasteiger partial charge in [-0.05, 0) is 49.5 Å². The van der Waals surface area contributed by atoms with Gasteiger partial charge in [-0.2, -0.15) is 4.31 Å². The Balaban J connectivity index is 1.45. The molecule has 0 unspecified atom stereocenters. The SMILES string of the molecule is CN1CCN(S(=O)(=O)c2ccc(NC(=O)c3ccc4c(c3)OCO4)cc2)CC1. The summed E-state index contributed by atoms with van der Waals surface area (Å²) in [6, 6.07) is 11.2. The number of hydrogen-bond donors (Lipinski definition) is 1. The molecule has 0 atom stereocenters. The van der Waals surface area contributed by atoms with Gasteiger partial charge in [-0.25, -0.2) is 8.42 Å². The molecular formula is C19H21N3O5S. The molecule has 2 aromatic rings. The maximum Gasteiger partial charge on any atom is 0.255 e. The van der Waals surface area contributed by atoms with Gasteiger partial charge in [0.25, 0.3) is 5.91 Å². The van der Waals surface area contributed by atoms with Crippen molar-refractivity contribution < 1.29 is 22.7 Å². The lowest BCUT2D eigenvalue weighted by molar-refractivity contribution is 0.102. The number of piperazine rings is 1. The largest absolute Gasteiger partial charge is 0.454 e. The molecule has 0 aromatic heterocycles. The topological polar surface area (TPSA) is 88.2 Å². The second-order valence-electron chi connectivity index (χ2n) is 6.75.